The van der Waals surface area contributed by atoms with Gasteiger partial charge in [-0.2, -0.15) is 0 Å². The van der Waals surface area contributed by atoms with Gasteiger partial charge in [0.25, 0.3) is 0 Å². The highest BCUT2D eigenvalue weighted by Crippen LogP contribution is 2.49. The molecule has 0 radical (unpaired) electrons. The van der Waals surface area contributed by atoms with Gasteiger partial charge in [0.05, 0.1) is 12.5 Å². The van der Waals surface area contributed by atoms with Crippen molar-refractivity contribution in [2.45, 2.75) is 67.2 Å². The van der Waals surface area contributed by atoms with Crippen molar-refractivity contribution < 1.29 is 34.8 Å². The lowest BCUT2D eigenvalue weighted by atomic mass is 9.62. The van der Waals surface area contributed by atoms with E-state index in [-0.39, 0.29) is 40.4 Å². The predicted molar refractivity (Wildman–Crippen MR) is 126 cm³/mol. The van der Waals surface area contributed by atoms with Gasteiger partial charge in [-0.1, -0.05) is 27.2 Å². The van der Waals surface area contributed by atoms with Crippen LogP contribution in [0.1, 0.15) is 65.0 Å². The van der Waals surface area contributed by atoms with Crippen molar-refractivity contribution in [3.8, 4) is 17.2 Å². The van der Waals surface area contributed by atoms with Gasteiger partial charge < -0.3 is 25.2 Å². The lowest BCUT2D eigenvalue weighted by molar-refractivity contribution is -0.131. The number of aromatic hydroxyl groups is 2. The SMILES string of the molecule is CCCC(Cc1c(O)cc(OC)c(C)c1O)C1(C)C(=O)C(C(=O)C(C)CC)=C(O)C(C)=C1O. The first-order valence-corrected chi connectivity index (χ1v) is 11.4. The Morgan fingerprint density at radius 1 is 1.15 bits per heavy atom. The van der Waals surface area contributed by atoms with Crippen LogP contribution in [0.5, 0.6) is 17.2 Å². The monoisotopic (exact) mass is 460 g/mol. The molecule has 0 aromatic heterocycles. The Bertz CT molecular complexity index is 1020. The number of carbonyl (C=O) groups excluding carboxylic acids is 2. The van der Waals surface area contributed by atoms with Gasteiger partial charge in [-0.3, -0.25) is 9.59 Å². The highest BCUT2D eigenvalue weighted by Gasteiger charge is 2.52. The number of aliphatic hydroxyl groups is 2. The molecule has 33 heavy (non-hydrogen) atoms. The Hall–Kier alpha value is -2.96. The predicted octanol–water partition coefficient (Wildman–Crippen LogP) is 5.22. The summed E-state index contributed by atoms with van der Waals surface area (Å²) in [5.41, 5.74) is -1.04. The van der Waals surface area contributed by atoms with Gasteiger partial charge in [-0.15, -0.1) is 0 Å². The number of aliphatic hydroxyl groups excluding tert-OH is 2. The number of hydrogen-bond donors (Lipinski definition) is 4. The van der Waals surface area contributed by atoms with Crippen LogP contribution in [0.15, 0.2) is 28.7 Å². The highest BCUT2D eigenvalue weighted by molar-refractivity contribution is 6.24. The maximum Gasteiger partial charge on any atom is 0.183 e. The first kappa shape index (κ1) is 26.3. The summed E-state index contributed by atoms with van der Waals surface area (Å²) < 4.78 is 5.19. The van der Waals surface area contributed by atoms with Crippen LogP contribution in [0, 0.1) is 24.2 Å². The minimum Gasteiger partial charge on any atom is -0.511 e. The fraction of sp³-hybridized carbons (Fsp3) is 0.538. The Labute approximate surface area is 195 Å². The molecule has 1 aromatic rings. The maximum absolute atomic E-state index is 13.7. The van der Waals surface area contributed by atoms with Gasteiger partial charge >= 0.3 is 0 Å². The topological polar surface area (TPSA) is 124 Å². The minimum absolute atomic E-state index is 0.0709. The van der Waals surface area contributed by atoms with Crippen molar-refractivity contribution in [1.29, 1.82) is 0 Å². The quantitative estimate of drug-likeness (QED) is 0.372. The number of phenols is 2. The van der Waals surface area contributed by atoms with Crippen LogP contribution in [0.3, 0.4) is 0 Å². The van der Waals surface area contributed by atoms with Gasteiger partial charge in [-0.25, -0.2) is 0 Å². The smallest absolute Gasteiger partial charge is 0.183 e. The molecule has 4 N–H and O–H groups in total. The van der Waals surface area contributed by atoms with Crippen LogP contribution >= 0.6 is 0 Å². The van der Waals surface area contributed by atoms with E-state index in [4.69, 9.17) is 4.74 Å². The van der Waals surface area contributed by atoms with E-state index in [1.54, 1.807) is 20.8 Å². The van der Waals surface area contributed by atoms with Crippen molar-refractivity contribution in [2.24, 2.45) is 17.3 Å². The number of methoxy groups -OCH3 is 1. The van der Waals surface area contributed by atoms with E-state index in [0.29, 0.717) is 30.6 Å². The average Bonchev–Trinajstić information content (AvgIpc) is 2.80. The molecule has 0 fully saturated rings. The van der Waals surface area contributed by atoms with E-state index in [9.17, 15) is 30.0 Å². The summed E-state index contributed by atoms with van der Waals surface area (Å²) >= 11 is 0. The second-order valence-corrected chi connectivity index (χ2v) is 9.14. The van der Waals surface area contributed by atoms with E-state index in [1.165, 1.54) is 20.1 Å². The molecule has 0 heterocycles. The largest absolute Gasteiger partial charge is 0.511 e. The van der Waals surface area contributed by atoms with E-state index in [1.807, 2.05) is 13.8 Å². The number of ketones is 2. The molecule has 3 unspecified atom stereocenters. The average molecular weight is 461 g/mol. The van der Waals surface area contributed by atoms with E-state index in [0.717, 1.165) is 0 Å². The molecule has 0 aliphatic heterocycles. The van der Waals surface area contributed by atoms with Crippen molar-refractivity contribution in [2.75, 3.05) is 7.11 Å². The van der Waals surface area contributed by atoms with E-state index in [2.05, 4.69) is 0 Å². The molecule has 0 saturated carbocycles. The molecular formula is C26H36O7. The lowest BCUT2D eigenvalue weighted by Crippen LogP contribution is -2.45. The Morgan fingerprint density at radius 3 is 2.27 bits per heavy atom. The number of rotatable bonds is 9. The summed E-state index contributed by atoms with van der Waals surface area (Å²) in [5, 5.41) is 43.1. The fourth-order valence-corrected chi connectivity index (χ4v) is 4.59. The summed E-state index contributed by atoms with van der Waals surface area (Å²) in [4.78, 5) is 26.8. The molecule has 1 aliphatic rings. The van der Waals surface area contributed by atoms with Gasteiger partial charge in [0.2, 0.25) is 0 Å². The van der Waals surface area contributed by atoms with Gasteiger partial charge in [0.1, 0.15) is 34.3 Å². The van der Waals surface area contributed by atoms with Crippen LogP contribution in [0.25, 0.3) is 0 Å². The molecular weight excluding hydrogens is 424 g/mol. The second kappa shape index (κ2) is 9.89. The van der Waals surface area contributed by atoms with Crippen LogP contribution in [-0.4, -0.2) is 39.1 Å². The molecule has 2 rings (SSSR count). The van der Waals surface area contributed by atoms with Crippen LogP contribution < -0.4 is 4.74 Å². The first-order valence-electron chi connectivity index (χ1n) is 11.4. The molecule has 0 saturated heterocycles. The van der Waals surface area contributed by atoms with Crippen LogP contribution in [0.2, 0.25) is 0 Å². The molecule has 7 heteroatoms. The number of benzene rings is 1. The molecule has 1 aliphatic carbocycles. The highest BCUT2D eigenvalue weighted by atomic mass is 16.5. The standard InChI is InChI=1S/C26H36O7/c1-8-10-16(11-17-18(27)12-19(33-7)14(4)22(17)29)26(6)24(31)15(5)23(30)20(25(26)32)21(28)13(3)9-2/h12-13,16,27,29-31H,8-11H2,1-7H3. The third-order valence-electron chi connectivity index (χ3n) is 7.16. The molecule has 1 aromatic carbocycles. The number of ether oxygens (including phenoxy) is 1. The van der Waals surface area contributed by atoms with Crippen molar-refractivity contribution in [1.82, 2.24) is 0 Å². The lowest BCUT2D eigenvalue weighted by Gasteiger charge is -2.40. The van der Waals surface area contributed by atoms with Crippen molar-refractivity contribution in [3.63, 3.8) is 0 Å². The molecule has 182 valence electrons. The minimum atomic E-state index is -1.52. The Kier molecular flexibility index (Phi) is 7.88. The third kappa shape index (κ3) is 4.33. The summed E-state index contributed by atoms with van der Waals surface area (Å²) in [5.74, 6) is -2.92. The van der Waals surface area contributed by atoms with Crippen LogP contribution in [0.4, 0.5) is 0 Å². The molecule has 7 nitrogen and oxygen atoms in total. The van der Waals surface area contributed by atoms with Gasteiger partial charge in [0.15, 0.2) is 11.6 Å². The van der Waals surface area contributed by atoms with Crippen molar-refractivity contribution >= 4 is 11.6 Å². The van der Waals surface area contributed by atoms with E-state index >= 15 is 0 Å². The Morgan fingerprint density at radius 2 is 1.76 bits per heavy atom. The summed E-state index contributed by atoms with van der Waals surface area (Å²) in [6, 6.07) is 1.41. The number of phenolic OH excluding ortho intramolecular Hbond substituents is 2. The zero-order valence-electron chi connectivity index (χ0n) is 20.6. The molecule has 0 amide bonds. The summed E-state index contributed by atoms with van der Waals surface area (Å²) in [6.07, 6.45) is 1.69. The van der Waals surface area contributed by atoms with Gasteiger partial charge in [0, 0.05) is 28.7 Å². The zero-order chi connectivity index (χ0) is 25.2. The number of Topliss-reactive ketones (excluding diaryl/α,β-unsaturated/α-hetero) is 2. The fourth-order valence-electron chi connectivity index (χ4n) is 4.59. The van der Waals surface area contributed by atoms with Gasteiger partial charge in [-0.05, 0) is 46.0 Å². The normalized spacial score (nSPS) is 20.8. The summed E-state index contributed by atoms with van der Waals surface area (Å²) in [6.45, 7) is 10.1. The number of allylic oxidation sites excluding steroid dienone is 3. The molecule has 0 bridgehead atoms. The maximum atomic E-state index is 13.7. The number of carbonyl (C=O) groups is 2. The molecule has 3 atom stereocenters. The second-order valence-electron chi connectivity index (χ2n) is 9.14. The third-order valence-corrected chi connectivity index (χ3v) is 7.16. The Balaban J connectivity index is 2.67. The molecule has 0 spiro atoms. The first-order chi connectivity index (χ1) is 15.4. The van der Waals surface area contributed by atoms with E-state index < -0.39 is 34.6 Å². The van der Waals surface area contributed by atoms with Crippen LogP contribution in [-0.2, 0) is 16.0 Å². The summed E-state index contributed by atoms with van der Waals surface area (Å²) in [7, 11) is 1.43. The van der Waals surface area contributed by atoms with Crippen molar-refractivity contribution in [3.05, 3.63) is 39.9 Å². The zero-order valence-corrected chi connectivity index (χ0v) is 20.6. The number of hydrogen-bond acceptors (Lipinski definition) is 7.